The quantitative estimate of drug-likeness (QED) is 0.516. The first-order valence-electron chi connectivity index (χ1n) is 7.77. The van der Waals surface area contributed by atoms with Crippen LogP contribution < -0.4 is 5.32 Å². The van der Waals surface area contributed by atoms with Crippen LogP contribution in [0.15, 0.2) is 76.5 Å². The molecule has 0 bridgehead atoms. The lowest BCUT2D eigenvalue weighted by Crippen LogP contribution is -2.08. The van der Waals surface area contributed by atoms with Gasteiger partial charge in [0.05, 0.1) is 11.3 Å². The Morgan fingerprint density at radius 3 is 2.72 bits per heavy atom. The average Bonchev–Trinajstić information content (AvgIpc) is 3.30. The van der Waals surface area contributed by atoms with Gasteiger partial charge in [-0.05, 0) is 41.8 Å². The summed E-state index contributed by atoms with van der Waals surface area (Å²) in [6.07, 6.45) is 3.32. The summed E-state index contributed by atoms with van der Waals surface area (Å²) in [5.41, 5.74) is 2.92. The summed E-state index contributed by atoms with van der Waals surface area (Å²) in [6, 6.07) is 19.0. The molecule has 2 aromatic carbocycles. The van der Waals surface area contributed by atoms with Crippen molar-refractivity contribution in [2.45, 2.75) is 0 Å². The second-order valence-corrected chi connectivity index (χ2v) is 6.35. The number of carbonyl (C=O) groups is 1. The fourth-order valence-corrected chi connectivity index (χ4v) is 3.10. The predicted molar refractivity (Wildman–Crippen MR) is 101 cm³/mol. The summed E-state index contributed by atoms with van der Waals surface area (Å²) in [6.45, 7) is 0. The average molecular weight is 346 g/mol. The van der Waals surface area contributed by atoms with Gasteiger partial charge in [0, 0.05) is 11.0 Å². The van der Waals surface area contributed by atoms with Gasteiger partial charge < -0.3 is 9.73 Å². The van der Waals surface area contributed by atoms with Gasteiger partial charge in [0.25, 0.3) is 0 Å². The van der Waals surface area contributed by atoms with Gasteiger partial charge >= 0.3 is 0 Å². The number of thiophene rings is 1. The maximum Gasteiger partial charge on any atom is 0.248 e. The molecule has 4 rings (SSSR count). The summed E-state index contributed by atoms with van der Waals surface area (Å²) in [5, 5.41) is 4.87. The number of oxazole rings is 1. The first kappa shape index (κ1) is 15.4. The lowest BCUT2D eigenvalue weighted by molar-refractivity contribution is -0.111. The van der Waals surface area contributed by atoms with Crippen LogP contribution in [0.25, 0.3) is 28.6 Å². The van der Waals surface area contributed by atoms with Crippen LogP contribution in [0.4, 0.5) is 5.69 Å². The van der Waals surface area contributed by atoms with E-state index in [1.807, 2.05) is 66.0 Å². The van der Waals surface area contributed by atoms with E-state index in [1.54, 1.807) is 17.4 Å². The summed E-state index contributed by atoms with van der Waals surface area (Å²) >= 11 is 1.58. The molecule has 2 aromatic heterocycles. The molecule has 0 saturated carbocycles. The van der Waals surface area contributed by atoms with Gasteiger partial charge in [-0.15, -0.1) is 11.3 Å². The normalized spacial score (nSPS) is 11.2. The van der Waals surface area contributed by atoms with Crippen molar-refractivity contribution in [3.8, 4) is 11.5 Å². The summed E-state index contributed by atoms with van der Waals surface area (Å²) in [5.74, 6) is 0.288. The predicted octanol–water partition coefficient (Wildman–Crippen LogP) is 5.21. The second-order valence-electron chi connectivity index (χ2n) is 5.37. The van der Waals surface area contributed by atoms with Gasteiger partial charge in [-0.2, -0.15) is 0 Å². The number of carbonyl (C=O) groups excluding carboxylic acids is 1. The maximum atomic E-state index is 12.2. The minimum atomic E-state index is -0.197. The molecule has 25 heavy (non-hydrogen) atoms. The van der Waals surface area contributed by atoms with E-state index >= 15 is 0 Å². The SMILES string of the molecule is O=C(C=Cc1cccs1)Nc1ccccc1-c1nc2ccccc2o1. The third kappa shape index (κ3) is 3.36. The summed E-state index contributed by atoms with van der Waals surface area (Å²) < 4.78 is 5.82. The molecular formula is C20H14N2O2S. The Morgan fingerprint density at radius 2 is 1.88 bits per heavy atom. The Bertz CT molecular complexity index is 1020. The highest BCUT2D eigenvalue weighted by Crippen LogP contribution is 2.30. The van der Waals surface area contributed by atoms with E-state index in [2.05, 4.69) is 10.3 Å². The third-order valence-corrected chi connectivity index (χ3v) is 4.49. The van der Waals surface area contributed by atoms with Crippen LogP contribution >= 0.6 is 11.3 Å². The molecule has 0 saturated heterocycles. The van der Waals surface area contributed by atoms with Crippen LogP contribution in [0, 0.1) is 0 Å². The zero-order chi connectivity index (χ0) is 17.1. The number of benzene rings is 2. The molecule has 4 nitrogen and oxygen atoms in total. The van der Waals surface area contributed by atoms with E-state index in [4.69, 9.17) is 4.42 Å². The topological polar surface area (TPSA) is 55.1 Å². The fraction of sp³-hybridized carbons (Fsp3) is 0. The van der Waals surface area contributed by atoms with E-state index in [0.717, 1.165) is 21.5 Å². The standard InChI is InChI=1S/C20H14N2O2S/c23-19(12-11-14-6-5-13-25-14)21-16-8-2-1-7-15(16)20-22-17-9-3-4-10-18(17)24-20/h1-13H,(H,21,23). The monoisotopic (exact) mass is 346 g/mol. The van der Waals surface area contributed by atoms with Crippen molar-refractivity contribution < 1.29 is 9.21 Å². The van der Waals surface area contributed by atoms with Crippen molar-refractivity contribution in [1.82, 2.24) is 4.98 Å². The highest BCUT2D eigenvalue weighted by Gasteiger charge is 2.12. The smallest absolute Gasteiger partial charge is 0.248 e. The molecule has 0 unspecified atom stereocenters. The van der Waals surface area contributed by atoms with E-state index in [-0.39, 0.29) is 5.91 Å². The number of fused-ring (bicyclic) bond motifs is 1. The lowest BCUT2D eigenvalue weighted by Gasteiger charge is -2.06. The van der Waals surface area contributed by atoms with Crippen molar-refractivity contribution in [3.05, 3.63) is 77.0 Å². The first-order chi connectivity index (χ1) is 12.3. The molecular weight excluding hydrogens is 332 g/mol. The van der Waals surface area contributed by atoms with Crippen LogP contribution in [-0.4, -0.2) is 10.9 Å². The van der Waals surface area contributed by atoms with Crippen molar-refractivity contribution in [2.24, 2.45) is 0 Å². The molecule has 5 heteroatoms. The number of nitrogens with zero attached hydrogens (tertiary/aromatic N) is 1. The largest absolute Gasteiger partial charge is 0.436 e. The van der Waals surface area contributed by atoms with Crippen LogP contribution in [-0.2, 0) is 4.79 Å². The van der Waals surface area contributed by atoms with Gasteiger partial charge in [0.15, 0.2) is 5.58 Å². The number of amides is 1. The summed E-state index contributed by atoms with van der Waals surface area (Å²) in [7, 11) is 0. The molecule has 0 radical (unpaired) electrons. The van der Waals surface area contributed by atoms with Crippen molar-refractivity contribution >= 4 is 40.1 Å². The Labute approximate surface area is 148 Å². The number of anilines is 1. The fourth-order valence-electron chi connectivity index (χ4n) is 2.48. The van der Waals surface area contributed by atoms with Crippen molar-refractivity contribution in [3.63, 3.8) is 0 Å². The molecule has 0 aliphatic heterocycles. The number of hydrogen-bond donors (Lipinski definition) is 1. The molecule has 0 atom stereocenters. The zero-order valence-electron chi connectivity index (χ0n) is 13.2. The van der Waals surface area contributed by atoms with Crippen molar-refractivity contribution in [2.75, 3.05) is 5.32 Å². The Hall–Kier alpha value is -3.18. The van der Waals surface area contributed by atoms with Crippen LogP contribution in [0.5, 0.6) is 0 Å². The molecule has 4 aromatic rings. The number of para-hydroxylation sites is 3. The minimum Gasteiger partial charge on any atom is -0.436 e. The zero-order valence-corrected chi connectivity index (χ0v) is 14.0. The molecule has 0 fully saturated rings. The van der Waals surface area contributed by atoms with Crippen LogP contribution in [0.3, 0.4) is 0 Å². The van der Waals surface area contributed by atoms with Crippen LogP contribution in [0.1, 0.15) is 4.88 Å². The van der Waals surface area contributed by atoms with Crippen molar-refractivity contribution in [1.29, 1.82) is 0 Å². The lowest BCUT2D eigenvalue weighted by atomic mass is 10.1. The first-order valence-corrected chi connectivity index (χ1v) is 8.65. The number of aromatic nitrogens is 1. The molecule has 122 valence electrons. The molecule has 2 heterocycles. The van der Waals surface area contributed by atoms with Gasteiger partial charge in [-0.25, -0.2) is 4.98 Å². The Kier molecular flexibility index (Phi) is 4.14. The molecule has 1 N–H and O–H groups in total. The van der Waals surface area contributed by atoms with Gasteiger partial charge in [-0.1, -0.05) is 30.3 Å². The maximum absolute atomic E-state index is 12.2. The van der Waals surface area contributed by atoms with Gasteiger partial charge in [0.1, 0.15) is 5.52 Å². The van der Waals surface area contributed by atoms with E-state index in [1.165, 1.54) is 6.08 Å². The van der Waals surface area contributed by atoms with E-state index < -0.39 is 0 Å². The molecule has 0 aliphatic carbocycles. The number of hydrogen-bond acceptors (Lipinski definition) is 4. The van der Waals surface area contributed by atoms with Crippen LogP contribution in [0.2, 0.25) is 0 Å². The number of rotatable bonds is 4. The molecule has 0 aliphatic rings. The Morgan fingerprint density at radius 1 is 1.04 bits per heavy atom. The minimum absolute atomic E-state index is 0.197. The number of nitrogens with one attached hydrogen (secondary N) is 1. The third-order valence-electron chi connectivity index (χ3n) is 3.65. The molecule has 1 amide bonds. The van der Waals surface area contributed by atoms with Gasteiger partial charge in [0.2, 0.25) is 11.8 Å². The summed E-state index contributed by atoms with van der Waals surface area (Å²) in [4.78, 5) is 17.8. The Balaban J connectivity index is 1.61. The second kappa shape index (κ2) is 6.75. The molecule has 0 spiro atoms. The van der Waals surface area contributed by atoms with E-state index in [0.29, 0.717) is 11.6 Å². The van der Waals surface area contributed by atoms with Gasteiger partial charge in [-0.3, -0.25) is 4.79 Å². The highest BCUT2D eigenvalue weighted by atomic mass is 32.1. The highest BCUT2D eigenvalue weighted by molar-refractivity contribution is 7.10. The van der Waals surface area contributed by atoms with E-state index in [9.17, 15) is 4.79 Å².